The van der Waals surface area contributed by atoms with Crippen molar-refractivity contribution in [2.45, 2.75) is 26.0 Å². The van der Waals surface area contributed by atoms with Crippen molar-refractivity contribution in [3.05, 3.63) is 59.7 Å². The van der Waals surface area contributed by atoms with E-state index in [1.54, 1.807) is 7.11 Å². The molecule has 0 fully saturated rings. The first-order valence-electron chi connectivity index (χ1n) is 6.78. The summed E-state index contributed by atoms with van der Waals surface area (Å²) in [6.07, 6.45) is 0.882. The van der Waals surface area contributed by atoms with Crippen LogP contribution in [0, 0.1) is 0 Å². The lowest BCUT2D eigenvalue weighted by molar-refractivity contribution is 0.296. The molecule has 0 aliphatic carbocycles. The molecule has 20 heavy (non-hydrogen) atoms. The SMILES string of the molecule is COc1ccccc1COc1ccc(CC(C)N)cc1. The predicted molar refractivity (Wildman–Crippen MR) is 81.1 cm³/mol. The molecular formula is C17H21NO2. The van der Waals surface area contributed by atoms with Crippen LogP contribution in [0.2, 0.25) is 0 Å². The van der Waals surface area contributed by atoms with Crippen LogP contribution >= 0.6 is 0 Å². The van der Waals surface area contributed by atoms with Gasteiger partial charge in [-0.25, -0.2) is 0 Å². The van der Waals surface area contributed by atoms with Crippen LogP contribution in [0.5, 0.6) is 11.5 Å². The number of ether oxygens (including phenoxy) is 2. The standard InChI is InChI=1S/C17H21NO2/c1-13(18)11-14-7-9-16(10-8-14)20-12-15-5-3-4-6-17(15)19-2/h3-10,13H,11-12,18H2,1-2H3. The van der Waals surface area contributed by atoms with Gasteiger partial charge in [0, 0.05) is 11.6 Å². The van der Waals surface area contributed by atoms with Gasteiger partial charge in [-0.05, 0) is 37.1 Å². The minimum atomic E-state index is 0.176. The largest absolute Gasteiger partial charge is 0.496 e. The fourth-order valence-corrected chi connectivity index (χ4v) is 2.08. The van der Waals surface area contributed by atoms with Crippen molar-refractivity contribution in [1.29, 1.82) is 0 Å². The summed E-state index contributed by atoms with van der Waals surface area (Å²) in [5.41, 5.74) is 8.05. The van der Waals surface area contributed by atoms with Crippen molar-refractivity contribution in [3.63, 3.8) is 0 Å². The second-order valence-corrected chi connectivity index (χ2v) is 4.93. The van der Waals surface area contributed by atoms with E-state index in [0.717, 1.165) is 23.5 Å². The smallest absolute Gasteiger partial charge is 0.125 e. The molecule has 0 heterocycles. The van der Waals surface area contributed by atoms with Gasteiger partial charge in [-0.2, -0.15) is 0 Å². The van der Waals surface area contributed by atoms with E-state index >= 15 is 0 Å². The van der Waals surface area contributed by atoms with E-state index in [4.69, 9.17) is 15.2 Å². The van der Waals surface area contributed by atoms with Gasteiger partial charge in [0.2, 0.25) is 0 Å². The first-order valence-corrected chi connectivity index (χ1v) is 6.78. The molecule has 0 amide bonds. The number of para-hydroxylation sites is 1. The molecule has 1 atom stereocenters. The average molecular weight is 271 g/mol. The minimum absolute atomic E-state index is 0.176. The quantitative estimate of drug-likeness (QED) is 0.877. The van der Waals surface area contributed by atoms with Crippen molar-refractivity contribution in [2.75, 3.05) is 7.11 Å². The second-order valence-electron chi connectivity index (χ2n) is 4.93. The van der Waals surface area contributed by atoms with Gasteiger partial charge in [-0.15, -0.1) is 0 Å². The Balaban J connectivity index is 1.97. The third kappa shape index (κ3) is 4.00. The van der Waals surface area contributed by atoms with Gasteiger partial charge in [0.25, 0.3) is 0 Å². The maximum Gasteiger partial charge on any atom is 0.125 e. The Morgan fingerprint density at radius 1 is 1.05 bits per heavy atom. The van der Waals surface area contributed by atoms with Gasteiger partial charge >= 0.3 is 0 Å². The van der Waals surface area contributed by atoms with E-state index in [-0.39, 0.29) is 6.04 Å². The van der Waals surface area contributed by atoms with Gasteiger partial charge in [-0.1, -0.05) is 30.3 Å². The van der Waals surface area contributed by atoms with Gasteiger partial charge < -0.3 is 15.2 Å². The van der Waals surface area contributed by atoms with Crippen LogP contribution in [0.1, 0.15) is 18.1 Å². The fraction of sp³-hybridized carbons (Fsp3) is 0.294. The maximum atomic E-state index is 5.78. The summed E-state index contributed by atoms with van der Waals surface area (Å²) < 4.78 is 11.1. The van der Waals surface area contributed by atoms with Crippen LogP contribution in [-0.4, -0.2) is 13.2 Å². The number of hydrogen-bond acceptors (Lipinski definition) is 3. The lowest BCUT2D eigenvalue weighted by Gasteiger charge is -2.11. The molecule has 2 aromatic rings. The van der Waals surface area contributed by atoms with Crippen LogP contribution in [0.25, 0.3) is 0 Å². The molecular weight excluding hydrogens is 250 g/mol. The molecule has 3 nitrogen and oxygen atoms in total. The summed E-state index contributed by atoms with van der Waals surface area (Å²) in [6, 6.07) is 16.1. The van der Waals surface area contributed by atoms with E-state index in [1.807, 2.05) is 43.3 Å². The molecule has 0 saturated carbocycles. The molecule has 0 radical (unpaired) electrons. The first kappa shape index (κ1) is 14.4. The molecule has 2 aromatic carbocycles. The highest BCUT2D eigenvalue weighted by atomic mass is 16.5. The monoisotopic (exact) mass is 271 g/mol. The van der Waals surface area contributed by atoms with E-state index < -0.39 is 0 Å². The van der Waals surface area contributed by atoms with Gasteiger partial charge in [-0.3, -0.25) is 0 Å². The van der Waals surface area contributed by atoms with E-state index in [2.05, 4.69) is 12.1 Å². The van der Waals surface area contributed by atoms with Crippen LogP contribution in [-0.2, 0) is 13.0 Å². The van der Waals surface area contributed by atoms with Gasteiger partial charge in [0.1, 0.15) is 18.1 Å². The predicted octanol–water partition coefficient (Wildman–Crippen LogP) is 3.16. The summed E-state index contributed by atoms with van der Waals surface area (Å²) in [5, 5.41) is 0. The van der Waals surface area contributed by atoms with E-state index in [0.29, 0.717) is 6.61 Å². The van der Waals surface area contributed by atoms with Crippen LogP contribution < -0.4 is 15.2 Å². The van der Waals surface area contributed by atoms with Crippen LogP contribution in [0.3, 0.4) is 0 Å². The van der Waals surface area contributed by atoms with Crippen molar-refractivity contribution in [3.8, 4) is 11.5 Å². The maximum absolute atomic E-state index is 5.78. The lowest BCUT2D eigenvalue weighted by Crippen LogP contribution is -2.17. The normalized spacial score (nSPS) is 11.9. The van der Waals surface area contributed by atoms with Gasteiger partial charge in [0.05, 0.1) is 7.11 Å². The fourth-order valence-electron chi connectivity index (χ4n) is 2.08. The lowest BCUT2D eigenvalue weighted by atomic mass is 10.1. The number of rotatable bonds is 6. The zero-order valence-corrected chi connectivity index (χ0v) is 12.0. The van der Waals surface area contributed by atoms with Gasteiger partial charge in [0.15, 0.2) is 0 Å². The molecule has 0 saturated heterocycles. The Hall–Kier alpha value is -2.00. The summed E-state index contributed by atoms with van der Waals surface area (Å²) in [4.78, 5) is 0. The molecule has 0 aromatic heterocycles. The third-order valence-corrected chi connectivity index (χ3v) is 3.07. The topological polar surface area (TPSA) is 44.5 Å². The highest BCUT2D eigenvalue weighted by molar-refractivity contribution is 5.34. The highest BCUT2D eigenvalue weighted by Gasteiger charge is 2.03. The number of methoxy groups -OCH3 is 1. The summed E-state index contributed by atoms with van der Waals surface area (Å²) in [7, 11) is 1.67. The Labute approximate surface area is 120 Å². The second kappa shape index (κ2) is 6.96. The van der Waals surface area contributed by atoms with Crippen molar-refractivity contribution in [1.82, 2.24) is 0 Å². The molecule has 0 aliphatic heterocycles. The summed E-state index contributed by atoms with van der Waals surface area (Å²) in [6.45, 7) is 2.50. The molecule has 3 heteroatoms. The summed E-state index contributed by atoms with van der Waals surface area (Å²) in [5.74, 6) is 1.70. The van der Waals surface area contributed by atoms with Crippen molar-refractivity contribution in [2.24, 2.45) is 5.73 Å². The Kier molecular flexibility index (Phi) is 5.02. The third-order valence-electron chi connectivity index (χ3n) is 3.07. The van der Waals surface area contributed by atoms with Crippen LogP contribution in [0.4, 0.5) is 0 Å². The van der Waals surface area contributed by atoms with Crippen LogP contribution in [0.15, 0.2) is 48.5 Å². The number of benzene rings is 2. The Bertz CT molecular complexity index is 535. The number of hydrogen-bond donors (Lipinski definition) is 1. The Morgan fingerprint density at radius 2 is 1.75 bits per heavy atom. The molecule has 0 aliphatic rings. The molecule has 0 bridgehead atoms. The zero-order chi connectivity index (χ0) is 14.4. The van der Waals surface area contributed by atoms with Crippen molar-refractivity contribution < 1.29 is 9.47 Å². The van der Waals surface area contributed by atoms with Crippen molar-refractivity contribution >= 4 is 0 Å². The average Bonchev–Trinajstić information content (AvgIpc) is 2.46. The highest BCUT2D eigenvalue weighted by Crippen LogP contribution is 2.20. The first-order chi connectivity index (χ1) is 9.69. The molecule has 106 valence electrons. The summed E-state index contributed by atoms with van der Waals surface area (Å²) >= 11 is 0. The van der Waals surface area contributed by atoms with E-state index in [1.165, 1.54) is 5.56 Å². The molecule has 2 rings (SSSR count). The molecule has 1 unspecified atom stereocenters. The minimum Gasteiger partial charge on any atom is -0.496 e. The number of nitrogens with two attached hydrogens (primary N) is 1. The van der Waals surface area contributed by atoms with E-state index in [9.17, 15) is 0 Å². The molecule has 2 N–H and O–H groups in total. The molecule has 0 spiro atoms. The Morgan fingerprint density at radius 3 is 2.40 bits per heavy atom. The zero-order valence-electron chi connectivity index (χ0n) is 12.0.